The van der Waals surface area contributed by atoms with Crippen LogP contribution in [0.15, 0.2) is 23.6 Å². The van der Waals surface area contributed by atoms with Gasteiger partial charge in [-0.3, -0.25) is 4.79 Å². The average Bonchev–Trinajstić information content (AvgIpc) is 2.51. The quantitative estimate of drug-likeness (QED) is 0.899. The Labute approximate surface area is 130 Å². The van der Waals surface area contributed by atoms with Crippen LogP contribution in [-0.2, 0) is 0 Å². The molecule has 3 N–H and O–H groups in total. The number of benzene rings is 1. The molecule has 1 aliphatic heterocycles. The van der Waals surface area contributed by atoms with Gasteiger partial charge in [-0.25, -0.2) is 9.18 Å². The van der Waals surface area contributed by atoms with Gasteiger partial charge in [-0.1, -0.05) is 6.58 Å². The Balaban J connectivity index is 2.53. The number of hydrogen-bond acceptors (Lipinski definition) is 4. The molecule has 0 amide bonds. The van der Waals surface area contributed by atoms with Crippen LogP contribution in [-0.4, -0.2) is 28.8 Å². The molecular formula is C16H15FN2O4. The molecule has 2 heterocycles. The summed E-state index contributed by atoms with van der Waals surface area (Å²) in [4.78, 5) is 23.6. The minimum Gasteiger partial charge on any atom is -0.488 e. The molecule has 1 unspecified atom stereocenters. The van der Waals surface area contributed by atoms with Gasteiger partial charge in [0.25, 0.3) is 0 Å². The summed E-state index contributed by atoms with van der Waals surface area (Å²) in [5.41, 5.74) is 5.24. The zero-order valence-electron chi connectivity index (χ0n) is 12.4. The first-order valence-electron chi connectivity index (χ1n) is 7.02. The maximum atomic E-state index is 14.5. The number of nitrogens with two attached hydrogens (primary N) is 1. The molecule has 6 nitrogen and oxygen atoms in total. The fourth-order valence-electron chi connectivity index (χ4n) is 2.81. The number of rotatable bonds is 3. The molecule has 0 saturated heterocycles. The van der Waals surface area contributed by atoms with Crippen LogP contribution in [0.4, 0.5) is 4.39 Å². The lowest BCUT2D eigenvalue weighted by Gasteiger charge is -2.28. The van der Waals surface area contributed by atoms with Crippen molar-refractivity contribution in [1.29, 1.82) is 0 Å². The predicted molar refractivity (Wildman–Crippen MR) is 83.4 cm³/mol. The summed E-state index contributed by atoms with van der Waals surface area (Å²) in [6.45, 7) is 5.81. The lowest BCUT2D eigenvalue weighted by molar-refractivity contribution is 0.0694. The number of aromatic carboxylic acids is 1. The van der Waals surface area contributed by atoms with Crippen LogP contribution in [0, 0.1) is 5.82 Å². The lowest BCUT2D eigenvalue weighted by atomic mass is 9.99. The molecule has 2 aromatic rings. The molecule has 0 spiro atoms. The van der Waals surface area contributed by atoms with Crippen molar-refractivity contribution in [2.75, 3.05) is 13.2 Å². The second-order valence-corrected chi connectivity index (χ2v) is 5.51. The molecule has 0 bridgehead atoms. The first-order chi connectivity index (χ1) is 10.9. The SMILES string of the molecule is C=C(CN)c1c(F)cc2c(=O)c(C(=O)O)cn3c2c1OCC3C. The summed E-state index contributed by atoms with van der Waals surface area (Å²) in [6.07, 6.45) is 1.27. The van der Waals surface area contributed by atoms with Gasteiger partial charge in [0.1, 0.15) is 18.0 Å². The number of carboxylic acids is 1. The van der Waals surface area contributed by atoms with Crippen molar-refractivity contribution in [2.45, 2.75) is 13.0 Å². The van der Waals surface area contributed by atoms with Crippen LogP contribution < -0.4 is 15.9 Å². The number of aromatic nitrogens is 1. The Hall–Kier alpha value is -2.67. The van der Waals surface area contributed by atoms with E-state index in [0.717, 1.165) is 6.07 Å². The van der Waals surface area contributed by atoms with Crippen molar-refractivity contribution in [3.63, 3.8) is 0 Å². The molecule has 120 valence electrons. The number of hydrogen-bond donors (Lipinski definition) is 2. The van der Waals surface area contributed by atoms with Gasteiger partial charge < -0.3 is 20.1 Å². The van der Waals surface area contributed by atoms with Gasteiger partial charge >= 0.3 is 5.97 Å². The summed E-state index contributed by atoms with van der Waals surface area (Å²) in [7, 11) is 0. The van der Waals surface area contributed by atoms with E-state index in [4.69, 9.17) is 10.5 Å². The van der Waals surface area contributed by atoms with E-state index < -0.39 is 22.8 Å². The van der Waals surface area contributed by atoms with Crippen molar-refractivity contribution < 1.29 is 19.0 Å². The van der Waals surface area contributed by atoms with E-state index in [1.165, 1.54) is 6.20 Å². The van der Waals surface area contributed by atoms with Crippen molar-refractivity contribution in [3.05, 3.63) is 46.0 Å². The molecule has 1 aromatic heterocycles. The first-order valence-corrected chi connectivity index (χ1v) is 7.02. The Morgan fingerprint density at radius 2 is 2.30 bits per heavy atom. The minimum atomic E-state index is -1.35. The summed E-state index contributed by atoms with van der Waals surface area (Å²) in [5, 5.41) is 9.17. The monoisotopic (exact) mass is 318 g/mol. The number of ether oxygens (including phenoxy) is 1. The van der Waals surface area contributed by atoms with Crippen LogP contribution in [0.1, 0.15) is 28.9 Å². The zero-order chi connectivity index (χ0) is 16.9. The van der Waals surface area contributed by atoms with Crippen LogP contribution in [0.3, 0.4) is 0 Å². The number of halogens is 1. The van der Waals surface area contributed by atoms with Crippen LogP contribution in [0.25, 0.3) is 16.5 Å². The average molecular weight is 318 g/mol. The Morgan fingerprint density at radius 1 is 1.61 bits per heavy atom. The fourth-order valence-corrected chi connectivity index (χ4v) is 2.81. The minimum absolute atomic E-state index is 0.0301. The number of carbonyl (C=O) groups is 1. The van der Waals surface area contributed by atoms with E-state index >= 15 is 0 Å². The molecule has 1 atom stereocenters. The van der Waals surface area contributed by atoms with Gasteiger partial charge in [0.05, 0.1) is 22.5 Å². The van der Waals surface area contributed by atoms with Gasteiger partial charge in [0, 0.05) is 12.7 Å². The van der Waals surface area contributed by atoms with E-state index in [-0.39, 0.29) is 35.9 Å². The topological polar surface area (TPSA) is 94.5 Å². The van der Waals surface area contributed by atoms with Crippen LogP contribution in [0.5, 0.6) is 5.75 Å². The highest BCUT2D eigenvalue weighted by molar-refractivity contribution is 5.97. The summed E-state index contributed by atoms with van der Waals surface area (Å²) < 4.78 is 21.7. The van der Waals surface area contributed by atoms with E-state index in [9.17, 15) is 19.1 Å². The molecule has 1 aliphatic rings. The third kappa shape index (κ3) is 2.12. The molecule has 1 aromatic carbocycles. The molecule has 23 heavy (non-hydrogen) atoms. The zero-order valence-corrected chi connectivity index (χ0v) is 12.4. The second-order valence-electron chi connectivity index (χ2n) is 5.51. The molecule has 0 saturated carbocycles. The van der Waals surface area contributed by atoms with Gasteiger partial charge in [0.15, 0.2) is 5.75 Å². The third-order valence-corrected chi connectivity index (χ3v) is 4.00. The largest absolute Gasteiger partial charge is 0.488 e. The second kappa shape index (κ2) is 5.20. The first kappa shape index (κ1) is 15.2. The lowest BCUT2D eigenvalue weighted by Crippen LogP contribution is -2.27. The number of pyridine rings is 1. The molecule has 0 fully saturated rings. The van der Waals surface area contributed by atoms with E-state index in [2.05, 4.69) is 6.58 Å². The number of nitrogens with zero attached hydrogens (tertiary/aromatic N) is 1. The van der Waals surface area contributed by atoms with Gasteiger partial charge in [-0.2, -0.15) is 0 Å². The van der Waals surface area contributed by atoms with Crippen molar-refractivity contribution in [3.8, 4) is 5.75 Å². The van der Waals surface area contributed by atoms with Crippen LogP contribution >= 0.6 is 0 Å². The molecule has 0 radical (unpaired) electrons. The van der Waals surface area contributed by atoms with Crippen molar-refractivity contribution in [2.24, 2.45) is 5.73 Å². The van der Waals surface area contributed by atoms with Crippen molar-refractivity contribution >= 4 is 22.4 Å². The standard InChI is InChI=1S/C16H15FN2O4/c1-7(4-18)12-11(17)3-9-13-15(12)23-6-8(2)19(13)5-10(14(9)20)16(21)22/h3,5,8H,1,4,6,18H2,2H3,(H,21,22). The highest BCUT2D eigenvalue weighted by Gasteiger charge is 2.28. The molecule has 0 aliphatic carbocycles. The Morgan fingerprint density at radius 3 is 2.91 bits per heavy atom. The van der Waals surface area contributed by atoms with Gasteiger partial charge in [-0.15, -0.1) is 0 Å². The third-order valence-electron chi connectivity index (χ3n) is 4.00. The van der Waals surface area contributed by atoms with E-state index in [1.54, 1.807) is 4.57 Å². The summed E-state index contributed by atoms with van der Waals surface area (Å²) in [5.74, 6) is -1.87. The summed E-state index contributed by atoms with van der Waals surface area (Å²) >= 11 is 0. The van der Waals surface area contributed by atoms with E-state index in [0.29, 0.717) is 11.1 Å². The van der Waals surface area contributed by atoms with Crippen molar-refractivity contribution in [1.82, 2.24) is 4.57 Å². The Kier molecular flexibility index (Phi) is 3.45. The van der Waals surface area contributed by atoms with Crippen LogP contribution in [0.2, 0.25) is 0 Å². The highest BCUT2D eigenvalue weighted by Crippen LogP contribution is 2.38. The smallest absolute Gasteiger partial charge is 0.341 e. The number of carboxylic acid groups (broad SMARTS) is 1. The maximum Gasteiger partial charge on any atom is 0.341 e. The fraction of sp³-hybridized carbons (Fsp3) is 0.250. The molecule has 7 heteroatoms. The molecule has 3 rings (SSSR count). The van der Waals surface area contributed by atoms with E-state index in [1.807, 2.05) is 6.92 Å². The Bertz CT molecular complexity index is 917. The maximum absolute atomic E-state index is 14.5. The normalized spacial score (nSPS) is 16.2. The molecular weight excluding hydrogens is 303 g/mol. The summed E-state index contributed by atoms with van der Waals surface area (Å²) in [6, 6.07) is 0.829. The van der Waals surface area contributed by atoms with Gasteiger partial charge in [-0.05, 0) is 18.6 Å². The van der Waals surface area contributed by atoms with Gasteiger partial charge in [0.2, 0.25) is 5.43 Å². The highest BCUT2D eigenvalue weighted by atomic mass is 19.1. The predicted octanol–water partition coefficient (Wildman–Crippen LogP) is 1.76.